The van der Waals surface area contributed by atoms with E-state index in [1.807, 2.05) is 0 Å². The van der Waals surface area contributed by atoms with Gasteiger partial charge in [0.15, 0.2) is 6.10 Å². The van der Waals surface area contributed by atoms with Gasteiger partial charge >= 0.3 is 17.9 Å². The van der Waals surface area contributed by atoms with E-state index in [1.54, 1.807) is 0 Å². The molecule has 0 rings (SSSR count). The minimum Gasteiger partial charge on any atom is -0.462 e. The minimum atomic E-state index is -0.811. The molecule has 6 heteroatoms. The highest BCUT2D eigenvalue weighted by Crippen LogP contribution is 2.16. The number of carbonyl (C=O) groups excluding carboxylic acids is 3. The third-order valence-electron chi connectivity index (χ3n) is 12.6. The molecule has 0 aliphatic rings. The minimum absolute atomic E-state index is 0.102. The van der Waals surface area contributed by atoms with Crippen LogP contribution in [-0.4, -0.2) is 37.2 Å². The zero-order valence-electron chi connectivity index (χ0n) is 46.0. The van der Waals surface area contributed by atoms with Crippen LogP contribution in [-0.2, 0) is 28.6 Å². The lowest BCUT2D eigenvalue weighted by molar-refractivity contribution is -0.167. The lowest BCUT2D eigenvalue weighted by atomic mass is 10.0. The van der Waals surface area contributed by atoms with Gasteiger partial charge in [-0.2, -0.15) is 0 Å². The van der Waals surface area contributed by atoms with Gasteiger partial charge in [0.25, 0.3) is 0 Å². The largest absolute Gasteiger partial charge is 0.462 e. The van der Waals surface area contributed by atoms with Crippen molar-refractivity contribution < 1.29 is 28.6 Å². The Morgan fingerprint density at radius 3 is 0.943 bits per heavy atom. The summed E-state index contributed by atoms with van der Waals surface area (Å²) in [7, 11) is 0. The summed E-state index contributed by atoms with van der Waals surface area (Å²) in [5.41, 5.74) is 0. The molecule has 0 aromatic heterocycles. The number of allylic oxidation sites excluding steroid dienone is 14. The SMILES string of the molecule is CC/C=C\C/C=C\C/C=C\C/C=C\C/C=C\CCCC(=O)OC(COC(=O)CCCCCCC/C=C\C/C=C\CCCCC)COC(=O)CCCCCCCCCCCCCCCCCCCCCC. The van der Waals surface area contributed by atoms with Crippen LogP contribution >= 0.6 is 0 Å². The van der Waals surface area contributed by atoms with E-state index in [0.29, 0.717) is 19.3 Å². The standard InChI is InChI=1S/C64H110O6/c1-4-7-10-13-16-19-22-25-28-30-31-32-34-36-39-42-45-48-51-54-57-63(66)69-60-61(59-68-62(65)56-53-50-47-44-41-38-35-27-24-21-18-15-12-9-6-3)70-64(67)58-55-52-49-46-43-40-37-33-29-26-23-20-17-14-11-8-5-2/h8,11,17-18,20-21,26-27,29,35,37,40,46,49,61H,4-7,9-10,12-16,19,22-25,28,30-34,36,38-39,41-45,47-48,50-60H2,1-3H3/b11-8-,20-17-,21-18-,29-26-,35-27-,40-37-,49-46-. The van der Waals surface area contributed by atoms with Crippen molar-refractivity contribution in [3.63, 3.8) is 0 Å². The summed E-state index contributed by atoms with van der Waals surface area (Å²) in [6, 6.07) is 0. The zero-order chi connectivity index (χ0) is 50.7. The molecule has 0 radical (unpaired) electrons. The molecule has 1 unspecified atom stereocenters. The van der Waals surface area contributed by atoms with E-state index in [4.69, 9.17) is 14.2 Å². The summed E-state index contributed by atoms with van der Waals surface area (Å²) >= 11 is 0. The van der Waals surface area contributed by atoms with E-state index in [2.05, 4.69) is 106 Å². The molecule has 0 aliphatic carbocycles. The Morgan fingerprint density at radius 1 is 0.300 bits per heavy atom. The van der Waals surface area contributed by atoms with Gasteiger partial charge in [-0.1, -0.05) is 260 Å². The molecule has 0 spiro atoms. The molecule has 0 saturated carbocycles. The molecule has 1 atom stereocenters. The fourth-order valence-electron chi connectivity index (χ4n) is 8.22. The monoisotopic (exact) mass is 975 g/mol. The summed E-state index contributed by atoms with van der Waals surface area (Å²) in [5, 5.41) is 0. The van der Waals surface area contributed by atoms with Crippen LogP contribution in [0.1, 0.15) is 284 Å². The van der Waals surface area contributed by atoms with Crippen LogP contribution in [0.4, 0.5) is 0 Å². The van der Waals surface area contributed by atoms with Crippen molar-refractivity contribution in [2.45, 2.75) is 290 Å². The Morgan fingerprint density at radius 2 is 0.571 bits per heavy atom. The average Bonchev–Trinajstić information content (AvgIpc) is 3.36. The van der Waals surface area contributed by atoms with Gasteiger partial charge in [-0.15, -0.1) is 0 Å². The lowest BCUT2D eigenvalue weighted by Gasteiger charge is -2.18. The Kier molecular flexibility index (Phi) is 55.3. The average molecular weight is 976 g/mol. The second-order valence-electron chi connectivity index (χ2n) is 19.5. The van der Waals surface area contributed by atoms with Crippen molar-refractivity contribution in [1.29, 1.82) is 0 Å². The van der Waals surface area contributed by atoms with E-state index < -0.39 is 6.10 Å². The van der Waals surface area contributed by atoms with Crippen molar-refractivity contribution in [2.24, 2.45) is 0 Å². The molecule has 0 amide bonds. The van der Waals surface area contributed by atoms with E-state index in [-0.39, 0.29) is 37.5 Å². The second kappa shape index (κ2) is 58.2. The first kappa shape index (κ1) is 66.6. The molecule has 0 heterocycles. The number of carbonyl (C=O) groups is 3. The highest BCUT2D eigenvalue weighted by atomic mass is 16.6. The molecular weight excluding hydrogens is 865 g/mol. The van der Waals surface area contributed by atoms with Crippen LogP contribution in [0.25, 0.3) is 0 Å². The third-order valence-corrected chi connectivity index (χ3v) is 12.6. The highest BCUT2D eigenvalue weighted by molar-refractivity contribution is 5.71. The molecule has 0 saturated heterocycles. The number of hydrogen-bond donors (Lipinski definition) is 0. The van der Waals surface area contributed by atoms with Crippen molar-refractivity contribution in [3.05, 3.63) is 85.1 Å². The Bertz CT molecular complexity index is 1350. The van der Waals surface area contributed by atoms with Crippen LogP contribution in [0.2, 0.25) is 0 Å². The number of rotatable bonds is 53. The first-order valence-electron chi connectivity index (χ1n) is 29.6. The molecule has 0 aliphatic heterocycles. The molecule has 0 aromatic rings. The van der Waals surface area contributed by atoms with Crippen LogP contribution in [0.15, 0.2) is 85.1 Å². The van der Waals surface area contributed by atoms with Gasteiger partial charge in [0.2, 0.25) is 0 Å². The van der Waals surface area contributed by atoms with Crippen molar-refractivity contribution in [3.8, 4) is 0 Å². The van der Waals surface area contributed by atoms with Gasteiger partial charge in [-0.3, -0.25) is 14.4 Å². The number of hydrogen-bond acceptors (Lipinski definition) is 6. The quantitative estimate of drug-likeness (QED) is 0.0261. The van der Waals surface area contributed by atoms with Gasteiger partial charge < -0.3 is 14.2 Å². The van der Waals surface area contributed by atoms with Gasteiger partial charge in [0, 0.05) is 19.3 Å². The molecule has 70 heavy (non-hydrogen) atoms. The summed E-state index contributed by atoms with van der Waals surface area (Å²) in [5.74, 6) is -0.966. The zero-order valence-corrected chi connectivity index (χ0v) is 46.0. The molecule has 0 fully saturated rings. The predicted octanol–water partition coefficient (Wildman–Crippen LogP) is 19.9. The molecule has 0 aromatic carbocycles. The second-order valence-corrected chi connectivity index (χ2v) is 19.5. The number of ether oxygens (including phenoxy) is 3. The predicted molar refractivity (Wildman–Crippen MR) is 302 cm³/mol. The topological polar surface area (TPSA) is 78.9 Å². The molecule has 6 nitrogen and oxygen atoms in total. The summed E-state index contributed by atoms with van der Waals surface area (Å²) in [6.07, 6.45) is 75.8. The number of unbranched alkanes of at least 4 members (excludes halogenated alkanes) is 28. The van der Waals surface area contributed by atoms with Crippen LogP contribution in [0, 0.1) is 0 Å². The Labute approximate surface area is 433 Å². The van der Waals surface area contributed by atoms with Gasteiger partial charge in [-0.05, 0) is 89.9 Å². The summed E-state index contributed by atoms with van der Waals surface area (Å²) in [4.78, 5) is 38.2. The van der Waals surface area contributed by atoms with Crippen LogP contribution in [0.5, 0.6) is 0 Å². The van der Waals surface area contributed by atoms with E-state index in [9.17, 15) is 14.4 Å². The van der Waals surface area contributed by atoms with Crippen molar-refractivity contribution >= 4 is 17.9 Å². The fraction of sp³-hybridized carbons (Fsp3) is 0.734. The number of esters is 3. The molecule has 0 bridgehead atoms. The Balaban J connectivity index is 4.44. The summed E-state index contributed by atoms with van der Waals surface area (Å²) in [6.45, 7) is 6.47. The third kappa shape index (κ3) is 55.5. The maximum absolute atomic E-state index is 12.8. The summed E-state index contributed by atoms with van der Waals surface area (Å²) < 4.78 is 16.8. The van der Waals surface area contributed by atoms with Crippen LogP contribution < -0.4 is 0 Å². The fourth-order valence-corrected chi connectivity index (χ4v) is 8.22. The maximum Gasteiger partial charge on any atom is 0.306 e. The van der Waals surface area contributed by atoms with Gasteiger partial charge in [0.1, 0.15) is 13.2 Å². The first-order chi connectivity index (χ1) is 34.5. The van der Waals surface area contributed by atoms with Crippen molar-refractivity contribution in [2.75, 3.05) is 13.2 Å². The normalized spacial score (nSPS) is 12.7. The Hall–Kier alpha value is -3.41. The van der Waals surface area contributed by atoms with Crippen LogP contribution in [0.3, 0.4) is 0 Å². The maximum atomic E-state index is 12.8. The molecular formula is C64H110O6. The smallest absolute Gasteiger partial charge is 0.306 e. The molecule has 402 valence electrons. The van der Waals surface area contributed by atoms with Gasteiger partial charge in [-0.25, -0.2) is 0 Å². The van der Waals surface area contributed by atoms with E-state index in [1.165, 1.54) is 135 Å². The lowest BCUT2D eigenvalue weighted by Crippen LogP contribution is -2.30. The molecule has 0 N–H and O–H groups in total. The first-order valence-corrected chi connectivity index (χ1v) is 29.6. The van der Waals surface area contributed by atoms with E-state index >= 15 is 0 Å². The van der Waals surface area contributed by atoms with Gasteiger partial charge in [0.05, 0.1) is 0 Å². The van der Waals surface area contributed by atoms with E-state index in [0.717, 1.165) is 103 Å². The van der Waals surface area contributed by atoms with Crippen molar-refractivity contribution in [1.82, 2.24) is 0 Å². The highest BCUT2D eigenvalue weighted by Gasteiger charge is 2.19.